The second kappa shape index (κ2) is 9.84. The summed E-state index contributed by atoms with van der Waals surface area (Å²) in [5.74, 6) is -3.90. The highest BCUT2D eigenvalue weighted by Crippen LogP contribution is 2.46. The number of carbonyl (C=O) groups excluding carboxylic acids is 1. The Morgan fingerprint density at radius 3 is 2.13 bits per heavy atom. The summed E-state index contributed by atoms with van der Waals surface area (Å²) in [5, 5.41) is 11.8. The van der Waals surface area contributed by atoms with E-state index in [1.165, 1.54) is 30.3 Å². The van der Waals surface area contributed by atoms with E-state index in [9.17, 15) is 17.6 Å². The van der Waals surface area contributed by atoms with E-state index in [0.717, 1.165) is 6.07 Å². The SMILES string of the molecule is CC(C)(C)C(C)(O[Si](C)(C)C)c1ccc(F)c(C(=O)n2nc(Nc3ccc(S(N)(=O)=O)cc3)nc2N)c1F. The molecule has 5 N–H and O–H groups in total. The van der Waals surface area contributed by atoms with Crippen LogP contribution in [0.2, 0.25) is 19.6 Å². The van der Waals surface area contributed by atoms with E-state index >= 15 is 4.39 Å². The number of anilines is 3. The maximum Gasteiger partial charge on any atom is 0.287 e. The van der Waals surface area contributed by atoms with Crippen molar-refractivity contribution in [2.24, 2.45) is 10.6 Å². The monoisotopic (exact) mass is 566 g/mol. The number of primary sulfonamides is 1. The van der Waals surface area contributed by atoms with Crippen LogP contribution in [0.25, 0.3) is 0 Å². The first-order valence-electron chi connectivity index (χ1n) is 11.6. The Balaban J connectivity index is 2.02. The number of benzene rings is 2. The van der Waals surface area contributed by atoms with Crippen LogP contribution in [0.4, 0.5) is 26.4 Å². The Labute approximate surface area is 221 Å². The third-order valence-electron chi connectivity index (χ3n) is 6.02. The molecule has 1 atom stereocenters. The number of nitrogens with two attached hydrogens (primary N) is 2. The van der Waals surface area contributed by atoms with Crippen LogP contribution in [0.5, 0.6) is 0 Å². The molecular formula is C24H32F2N6O4SSi. The zero-order valence-corrected chi connectivity index (χ0v) is 24.1. The summed E-state index contributed by atoms with van der Waals surface area (Å²) < 4.78 is 60.8. The highest BCUT2D eigenvalue weighted by molar-refractivity contribution is 7.89. The maximum absolute atomic E-state index is 16.0. The fourth-order valence-corrected chi connectivity index (χ4v) is 5.99. The Kier molecular flexibility index (Phi) is 7.60. The number of nitrogens with one attached hydrogen (secondary N) is 1. The Morgan fingerprint density at radius 2 is 1.63 bits per heavy atom. The Hall–Kier alpha value is -3.20. The van der Waals surface area contributed by atoms with Crippen LogP contribution in [0.3, 0.4) is 0 Å². The molecule has 0 radical (unpaired) electrons. The number of sulfonamides is 1. The summed E-state index contributed by atoms with van der Waals surface area (Å²) in [7, 11) is -6.11. The third kappa shape index (κ3) is 5.93. The van der Waals surface area contributed by atoms with E-state index < -0.39 is 58.4 Å². The molecule has 1 heterocycles. The minimum absolute atomic E-state index is 0.0316. The molecule has 3 rings (SSSR count). The summed E-state index contributed by atoms with van der Waals surface area (Å²) in [4.78, 5) is 17.1. The zero-order valence-electron chi connectivity index (χ0n) is 22.3. The van der Waals surface area contributed by atoms with Gasteiger partial charge < -0.3 is 15.5 Å². The third-order valence-corrected chi connectivity index (χ3v) is 7.97. The van der Waals surface area contributed by atoms with Crippen LogP contribution >= 0.6 is 0 Å². The number of rotatable bonds is 7. The van der Waals surface area contributed by atoms with E-state index in [1.807, 2.05) is 40.4 Å². The number of aromatic nitrogens is 3. The molecule has 38 heavy (non-hydrogen) atoms. The van der Waals surface area contributed by atoms with E-state index in [1.54, 1.807) is 6.92 Å². The van der Waals surface area contributed by atoms with Crippen LogP contribution in [0.15, 0.2) is 41.3 Å². The van der Waals surface area contributed by atoms with Crippen LogP contribution in [0, 0.1) is 17.0 Å². The van der Waals surface area contributed by atoms with Crippen molar-refractivity contribution in [2.75, 3.05) is 11.1 Å². The largest absolute Gasteiger partial charge is 0.408 e. The van der Waals surface area contributed by atoms with Gasteiger partial charge in [0.25, 0.3) is 5.91 Å². The van der Waals surface area contributed by atoms with Crippen molar-refractivity contribution in [3.8, 4) is 0 Å². The molecule has 0 fully saturated rings. The molecule has 0 aliphatic carbocycles. The Bertz CT molecular complexity index is 1480. The topological polar surface area (TPSA) is 155 Å². The van der Waals surface area contributed by atoms with E-state index in [2.05, 4.69) is 15.4 Å². The first-order valence-corrected chi connectivity index (χ1v) is 16.6. The van der Waals surface area contributed by atoms with Gasteiger partial charge in [0.2, 0.25) is 21.9 Å². The maximum atomic E-state index is 16.0. The molecule has 1 unspecified atom stereocenters. The minimum Gasteiger partial charge on any atom is -0.408 e. The Morgan fingerprint density at radius 1 is 1.05 bits per heavy atom. The van der Waals surface area contributed by atoms with Crippen molar-refractivity contribution < 1.29 is 26.4 Å². The normalized spacial score (nSPS) is 14.3. The molecule has 2 aromatic carbocycles. The molecule has 0 saturated carbocycles. The minimum atomic E-state index is -3.88. The molecule has 10 nitrogen and oxygen atoms in total. The molecule has 14 heteroatoms. The second-order valence-electron chi connectivity index (χ2n) is 11.0. The smallest absolute Gasteiger partial charge is 0.287 e. The lowest BCUT2D eigenvalue weighted by molar-refractivity contribution is -0.0320. The van der Waals surface area contributed by atoms with Gasteiger partial charge in [-0.25, -0.2) is 22.3 Å². The molecule has 0 spiro atoms. The molecule has 0 aliphatic rings. The number of halogens is 2. The molecule has 0 aliphatic heterocycles. The van der Waals surface area contributed by atoms with Gasteiger partial charge in [-0.3, -0.25) is 4.79 Å². The molecule has 0 saturated heterocycles. The fraction of sp³-hybridized carbons (Fsp3) is 0.375. The summed E-state index contributed by atoms with van der Waals surface area (Å²) in [6.45, 7) is 13.2. The van der Waals surface area contributed by atoms with Gasteiger partial charge in [0.1, 0.15) is 17.2 Å². The van der Waals surface area contributed by atoms with Gasteiger partial charge in [-0.05, 0) is 62.3 Å². The van der Waals surface area contributed by atoms with E-state index in [0.29, 0.717) is 10.4 Å². The van der Waals surface area contributed by atoms with E-state index in [4.69, 9.17) is 15.3 Å². The van der Waals surface area contributed by atoms with Gasteiger partial charge in [0, 0.05) is 11.3 Å². The predicted molar refractivity (Wildman–Crippen MR) is 143 cm³/mol. The molecule has 3 aromatic rings. The van der Waals surface area contributed by atoms with Crippen LogP contribution in [-0.2, 0) is 20.1 Å². The highest BCUT2D eigenvalue weighted by atomic mass is 32.2. The van der Waals surface area contributed by atoms with Crippen LogP contribution < -0.4 is 16.2 Å². The average molecular weight is 567 g/mol. The van der Waals surface area contributed by atoms with Gasteiger partial charge in [0.05, 0.1) is 10.5 Å². The predicted octanol–water partition coefficient (Wildman–Crippen LogP) is 4.33. The molecule has 1 aromatic heterocycles. The van der Waals surface area contributed by atoms with Gasteiger partial charge in [0.15, 0.2) is 8.32 Å². The van der Waals surface area contributed by atoms with Crippen molar-refractivity contribution >= 4 is 41.8 Å². The van der Waals surface area contributed by atoms with Crippen molar-refractivity contribution in [2.45, 2.75) is 57.8 Å². The van der Waals surface area contributed by atoms with Gasteiger partial charge in [-0.1, -0.05) is 26.8 Å². The quantitative estimate of drug-likeness (QED) is 0.357. The molecular weight excluding hydrogens is 534 g/mol. The first kappa shape index (κ1) is 29.4. The highest BCUT2D eigenvalue weighted by Gasteiger charge is 2.46. The number of hydrogen-bond donors (Lipinski definition) is 3. The second-order valence-corrected chi connectivity index (χ2v) is 17.0. The van der Waals surface area contributed by atoms with Crippen molar-refractivity contribution in [1.82, 2.24) is 14.8 Å². The van der Waals surface area contributed by atoms with Gasteiger partial charge in [-0.15, -0.1) is 5.10 Å². The summed E-state index contributed by atoms with van der Waals surface area (Å²) >= 11 is 0. The van der Waals surface area contributed by atoms with Crippen molar-refractivity contribution in [1.29, 1.82) is 0 Å². The standard InChI is InChI=1S/C24H32F2N6O4SSi/c1-23(2,3)24(4,36-38(5,6)7)16-12-13-17(25)18(19(16)26)20(33)32-21(27)30-22(31-32)29-14-8-10-15(11-9-14)37(28,34)35/h8-13H,1-7H3,(H2,28,34,35)(H3,27,29,30,31). The number of hydrogen-bond acceptors (Lipinski definition) is 8. The lowest BCUT2D eigenvalue weighted by atomic mass is 9.73. The fourth-order valence-electron chi connectivity index (χ4n) is 3.83. The van der Waals surface area contributed by atoms with Crippen LogP contribution in [-0.4, -0.2) is 37.4 Å². The van der Waals surface area contributed by atoms with Gasteiger partial charge >= 0.3 is 0 Å². The molecule has 206 valence electrons. The number of nitrogens with zero attached hydrogens (tertiary/aromatic N) is 3. The first-order chi connectivity index (χ1) is 17.2. The zero-order chi connectivity index (χ0) is 28.8. The molecule has 0 bridgehead atoms. The number of nitrogen functional groups attached to an aromatic ring is 1. The average Bonchev–Trinajstić information content (AvgIpc) is 3.11. The van der Waals surface area contributed by atoms with Crippen molar-refractivity contribution in [3.63, 3.8) is 0 Å². The number of carbonyl (C=O) groups is 1. The van der Waals surface area contributed by atoms with Crippen LogP contribution in [0.1, 0.15) is 43.6 Å². The van der Waals surface area contributed by atoms with Gasteiger partial charge in [-0.2, -0.15) is 9.67 Å². The lowest BCUT2D eigenvalue weighted by Gasteiger charge is -2.46. The summed E-state index contributed by atoms with van der Waals surface area (Å²) in [5.41, 5.74) is 3.59. The summed E-state index contributed by atoms with van der Waals surface area (Å²) in [6.07, 6.45) is 0. The molecule has 0 amide bonds. The lowest BCUT2D eigenvalue weighted by Crippen LogP contribution is -2.47. The van der Waals surface area contributed by atoms with Crippen molar-refractivity contribution in [3.05, 3.63) is 59.2 Å². The summed E-state index contributed by atoms with van der Waals surface area (Å²) in [6, 6.07) is 7.61. The van der Waals surface area contributed by atoms with E-state index in [-0.39, 0.29) is 16.4 Å².